The van der Waals surface area contributed by atoms with Gasteiger partial charge in [0.05, 0.1) is 27.5 Å². The number of halogens is 1. The number of aromatic nitrogens is 2. The molecule has 0 fully saturated rings. The number of thiophene rings is 1. The molecule has 0 radical (unpaired) electrons. The number of anilines is 1. The van der Waals surface area contributed by atoms with E-state index in [-0.39, 0.29) is 17.2 Å². The summed E-state index contributed by atoms with van der Waals surface area (Å²) in [5.74, 6) is -0.124. The summed E-state index contributed by atoms with van der Waals surface area (Å²) in [5.41, 5.74) is 2.14. The standard InChI is InChI=1S/C21H16ClN3O2S2/c1-13-7-8-17(16(22)11-13)23-18(26)12-29-21-24-19-15(9-10-28-19)20(27)25(21)14-5-3-2-4-6-14/h2-11H,12H2,1H3,(H,23,26). The van der Waals surface area contributed by atoms with Gasteiger partial charge in [-0.05, 0) is 48.2 Å². The number of fused-ring (bicyclic) bond motifs is 1. The van der Waals surface area contributed by atoms with E-state index in [1.165, 1.54) is 23.1 Å². The molecular formula is C21H16ClN3O2S2. The minimum Gasteiger partial charge on any atom is -0.324 e. The number of para-hydroxylation sites is 1. The molecule has 8 heteroatoms. The molecule has 2 heterocycles. The lowest BCUT2D eigenvalue weighted by molar-refractivity contribution is -0.113. The Morgan fingerprint density at radius 1 is 1.21 bits per heavy atom. The molecule has 4 rings (SSSR count). The Balaban J connectivity index is 1.62. The van der Waals surface area contributed by atoms with Crippen LogP contribution in [0, 0.1) is 6.92 Å². The smallest absolute Gasteiger partial charge is 0.267 e. The maximum Gasteiger partial charge on any atom is 0.267 e. The Morgan fingerprint density at radius 3 is 2.76 bits per heavy atom. The molecule has 0 atom stereocenters. The second-order valence-corrected chi connectivity index (χ2v) is 8.57. The molecule has 146 valence electrons. The molecule has 0 aliphatic heterocycles. The van der Waals surface area contributed by atoms with Crippen LogP contribution in [0.5, 0.6) is 0 Å². The number of amides is 1. The highest BCUT2D eigenvalue weighted by Gasteiger charge is 2.16. The number of benzene rings is 2. The average molecular weight is 442 g/mol. The SMILES string of the molecule is Cc1ccc(NC(=O)CSc2nc3sccc3c(=O)n2-c2ccccc2)c(Cl)c1. The van der Waals surface area contributed by atoms with Gasteiger partial charge in [-0.25, -0.2) is 4.98 Å². The van der Waals surface area contributed by atoms with Crippen molar-refractivity contribution in [3.8, 4) is 5.69 Å². The first-order valence-corrected chi connectivity index (χ1v) is 11.0. The van der Waals surface area contributed by atoms with Crippen molar-refractivity contribution in [2.45, 2.75) is 12.1 Å². The molecule has 0 aliphatic carbocycles. The van der Waals surface area contributed by atoms with Crippen LogP contribution in [0.1, 0.15) is 5.56 Å². The third-order valence-electron chi connectivity index (χ3n) is 4.21. The molecule has 2 aromatic heterocycles. The van der Waals surface area contributed by atoms with Crippen LogP contribution in [-0.4, -0.2) is 21.2 Å². The molecule has 0 saturated heterocycles. The zero-order chi connectivity index (χ0) is 20.4. The molecule has 2 aromatic carbocycles. The monoisotopic (exact) mass is 441 g/mol. The summed E-state index contributed by atoms with van der Waals surface area (Å²) in [4.78, 5) is 30.8. The van der Waals surface area contributed by atoms with E-state index in [1.54, 1.807) is 22.8 Å². The number of thioether (sulfide) groups is 1. The van der Waals surface area contributed by atoms with Crippen molar-refractivity contribution < 1.29 is 4.79 Å². The number of nitrogens with one attached hydrogen (secondary N) is 1. The third-order valence-corrected chi connectivity index (χ3v) is 6.27. The summed E-state index contributed by atoms with van der Waals surface area (Å²) in [6, 6.07) is 16.5. The van der Waals surface area contributed by atoms with E-state index in [1.807, 2.05) is 48.7 Å². The van der Waals surface area contributed by atoms with Crippen molar-refractivity contribution in [1.29, 1.82) is 0 Å². The van der Waals surface area contributed by atoms with Gasteiger partial charge < -0.3 is 5.32 Å². The van der Waals surface area contributed by atoms with E-state index in [4.69, 9.17) is 11.6 Å². The van der Waals surface area contributed by atoms with Gasteiger partial charge in [0.2, 0.25) is 5.91 Å². The summed E-state index contributed by atoms with van der Waals surface area (Å²) in [6.07, 6.45) is 0. The quantitative estimate of drug-likeness (QED) is 0.344. The van der Waals surface area contributed by atoms with Crippen LogP contribution >= 0.6 is 34.7 Å². The summed E-state index contributed by atoms with van der Waals surface area (Å²) in [6.45, 7) is 1.93. The van der Waals surface area contributed by atoms with Crippen LogP contribution < -0.4 is 10.9 Å². The van der Waals surface area contributed by atoms with Crippen LogP contribution in [0.15, 0.2) is 69.9 Å². The number of rotatable bonds is 5. The number of nitrogens with zero attached hydrogens (tertiary/aromatic N) is 2. The molecule has 5 nitrogen and oxygen atoms in total. The highest BCUT2D eigenvalue weighted by molar-refractivity contribution is 7.99. The number of hydrogen-bond donors (Lipinski definition) is 1. The Hall–Kier alpha value is -2.61. The van der Waals surface area contributed by atoms with Gasteiger partial charge in [0.15, 0.2) is 5.16 Å². The lowest BCUT2D eigenvalue weighted by Gasteiger charge is -2.12. The van der Waals surface area contributed by atoms with Crippen molar-refractivity contribution in [2.24, 2.45) is 0 Å². The molecule has 0 unspecified atom stereocenters. The molecule has 1 N–H and O–H groups in total. The van der Waals surface area contributed by atoms with Crippen LogP contribution in [0.3, 0.4) is 0 Å². The molecule has 0 saturated carbocycles. The highest BCUT2D eigenvalue weighted by atomic mass is 35.5. The minimum atomic E-state index is -0.221. The maximum atomic E-state index is 13.0. The Kier molecular flexibility index (Phi) is 5.71. The Morgan fingerprint density at radius 2 is 2.00 bits per heavy atom. The van der Waals surface area contributed by atoms with Crippen molar-refractivity contribution >= 4 is 56.5 Å². The summed E-state index contributed by atoms with van der Waals surface area (Å²) in [7, 11) is 0. The topological polar surface area (TPSA) is 64.0 Å². The van der Waals surface area contributed by atoms with E-state index in [0.29, 0.717) is 31.8 Å². The largest absolute Gasteiger partial charge is 0.324 e. The average Bonchev–Trinajstić information content (AvgIpc) is 3.18. The van der Waals surface area contributed by atoms with Crippen molar-refractivity contribution in [3.05, 3.63) is 80.9 Å². The van der Waals surface area contributed by atoms with E-state index >= 15 is 0 Å². The van der Waals surface area contributed by atoms with E-state index in [0.717, 1.165) is 5.56 Å². The van der Waals surface area contributed by atoms with Gasteiger partial charge in [-0.15, -0.1) is 11.3 Å². The third kappa shape index (κ3) is 4.22. The van der Waals surface area contributed by atoms with Crippen LogP contribution in [-0.2, 0) is 4.79 Å². The van der Waals surface area contributed by atoms with Gasteiger partial charge in [0.1, 0.15) is 4.83 Å². The Labute approximate surface area is 180 Å². The molecule has 0 spiro atoms. The fourth-order valence-electron chi connectivity index (χ4n) is 2.83. The summed E-state index contributed by atoms with van der Waals surface area (Å²) < 4.78 is 1.55. The van der Waals surface area contributed by atoms with E-state index in [9.17, 15) is 9.59 Å². The number of carbonyl (C=O) groups excluding carboxylic acids is 1. The molecule has 0 aliphatic rings. The van der Waals surface area contributed by atoms with Crippen LogP contribution in [0.25, 0.3) is 15.9 Å². The van der Waals surface area contributed by atoms with Gasteiger partial charge in [-0.3, -0.25) is 14.2 Å². The lowest BCUT2D eigenvalue weighted by Crippen LogP contribution is -2.22. The zero-order valence-electron chi connectivity index (χ0n) is 15.4. The van der Waals surface area contributed by atoms with E-state index in [2.05, 4.69) is 10.3 Å². The minimum absolute atomic E-state index is 0.0976. The van der Waals surface area contributed by atoms with Gasteiger partial charge in [-0.2, -0.15) is 0 Å². The van der Waals surface area contributed by atoms with Gasteiger partial charge in [0, 0.05) is 0 Å². The fourth-order valence-corrected chi connectivity index (χ4v) is 4.73. The summed E-state index contributed by atoms with van der Waals surface area (Å²) in [5, 5.41) is 6.18. The van der Waals surface area contributed by atoms with Gasteiger partial charge >= 0.3 is 0 Å². The second kappa shape index (κ2) is 8.41. The maximum absolute atomic E-state index is 13.0. The van der Waals surface area contributed by atoms with Gasteiger partial charge in [0.25, 0.3) is 5.56 Å². The molecule has 0 bridgehead atoms. The predicted octanol–water partition coefficient (Wildman–Crippen LogP) is 5.14. The first-order valence-electron chi connectivity index (χ1n) is 8.77. The fraction of sp³-hybridized carbons (Fsp3) is 0.0952. The van der Waals surface area contributed by atoms with Gasteiger partial charge in [-0.1, -0.05) is 47.6 Å². The molecular weight excluding hydrogens is 426 g/mol. The molecule has 29 heavy (non-hydrogen) atoms. The lowest BCUT2D eigenvalue weighted by atomic mass is 10.2. The first-order chi connectivity index (χ1) is 14.0. The van der Waals surface area contributed by atoms with Crippen molar-refractivity contribution in [1.82, 2.24) is 9.55 Å². The predicted molar refractivity (Wildman–Crippen MR) is 121 cm³/mol. The second-order valence-electron chi connectivity index (χ2n) is 6.33. The molecule has 1 amide bonds. The number of carbonyl (C=O) groups is 1. The normalized spacial score (nSPS) is 11.0. The number of aryl methyl sites for hydroxylation is 1. The zero-order valence-corrected chi connectivity index (χ0v) is 17.8. The van der Waals surface area contributed by atoms with Crippen molar-refractivity contribution in [2.75, 3.05) is 11.1 Å². The first kappa shape index (κ1) is 19.7. The van der Waals surface area contributed by atoms with Crippen LogP contribution in [0.4, 0.5) is 5.69 Å². The molecule has 4 aromatic rings. The highest BCUT2D eigenvalue weighted by Crippen LogP contribution is 2.25. The van der Waals surface area contributed by atoms with Crippen LogP contribution in [0.2, 0.25) is 5.02 Å². The van der Waals surface area contributed by atoms with E-state index < -0.39 is 0 Å². The van der Waals surface area contributed by atoms with Crippen molar-refractivity contribution in [3.63, 3.8) is 0 Å². The number of hydrogen-bond acceptors (Lipinski definition) is 5. The summed E-state index contributed by atoms with van der Waals surface area (Å²) >= 11 is 8.81. The Bertz CT molecular complexity index is 1250.